The van der Waals surface area contributed by atoms with E-state index in [2.05, 4.69) is 10.5 Å². The van der Waals surface area contributed by atoms with Crippen molar-refractivity contribution < 1.29 is 4.21 Å². The average Bonchev–Trinajstić information content (AvgIpc) is 1.87. The third kappa shape index (κ3) is 0.866. The molecule has 0 aromatic rings. The Morgan fingerprint density at radius 2 is 2.71 bits per heavy atom. The highest BCUT2D eigenvalue weighted by atomic mass is 32.2. The lowest BCUT2D eigenvalue weighted by molar-refractivity contribution is 0.695. The van der Waals surface area contributed by atoms with Crippen molar-refractivity contribution in [3.05, 3.63) is 11.2 Å². The third-order valence-corrected chi connectivity index (χ3v) is 1.22. The van der Waals surface area contributed by atoms with E-state index in [1.807, 2.05) is 0 Å². The van der Waals surface area contributed by atoms with Gasteiger partial charge in [-0.15, -0.1) is 0 Å². The first-order chi connectivity index (χ1) is 3.29. The fourth-order valence-electron chi connectivity index (χ4n) is 0.260. The molecule has 0 saturated heterocycles. The normalized spacial score (nSPS) is 28.0. The minimum atomic E-state index is -1.16. The first kappa shape index (κ1) is 4.52. The zero-order valence-electron chi connectivity index (χ0n) is 3.42. The average molecular weight is 115 g/mol. The molecule has 0 bridgehead atoms. The van der Waals surface area contributed by atoms with Gasteiger partial charge in [0.1, 0.15) is 0 Å². The van der Waals surface area contributed by atoms with Crippen molar-refractivity contribution in [3.8, 4) is 0 Å². The van der Waals surface area contributed by atoms with Gasteiger partial charge in [-0.1, -0.05) is 11.0 Å². The molecular formula is C3H3N2OS-. The number of hydrogen-bond acceptors (Lipinski definition) is 3. The summed E-state index contributed by atoms with van der Waals surface area (Å²) < 4.78 is 10.2. The van der Waals surface area contributed by atoms with Crippen LogP contribution in [0, 0.1) is 0 Å². The maximum Gasteiger partial charge on any atom is -0.0181 e. The van der Waals surface area contributed by atoms with E-state index in [1.54, 1.807) is 0 Å². The van der Waals surface area contributed by atoms with Gasteiger partial charge in [0.25, 0.3) is 0 Å². The van der Waals surface area contributed by atoms with Crippen LogP contribution in [0.2, 0.25) is 0 Å². The predicted octanol–water partition coefficient (Wildman–Crippen LogP) is -0.588. The van der Waals surface area contributed by atoms with E-state index in [0.29, 0.717) is 5.82 Å². The van der Waals surface area contributed by atoms with Gasteiger partial charge in [0, 0.05) is 0 Å². The molecule has 0 saturated carbocycles. The molecule has 3 nitrogen and oxygen atoms in total. The van der Waals surface area contributed by atoms with E-state index in [-0.39, 0.29) is 0 Å². The topological polar surface area (TPSA) is 55.5 Å². The van der Waals surface area contributed by atoms with Gasteiger partial charge in [-0.2, -0.15) is 0 Å². The van der Waals surface area contributed by atoms with Gasteiger partial charge in [-0.05, 0) is 16.6 Å². The summed E-state index contributed by atoms with van der Waals surface area (Å²) in [6, 6.07) is 0. The van der Waals surface area contributed by atoms with Crippen LogP contribution >= 0.6 is 0 Å². The fraction of sp³-hybridized carbons (Fsp3) is 0. The van der Waals surface area contributed by atoms with Crippen LogP contribution in [0.25, 0.3) is 0 Å². The minimum absolute atomic E-state index is 0.290. The Hall–Kier alpha value is -0.640. The smallest absolute Gasteiger partial charge is 0.0181 e. The van der Waals surface area contributed by atoms with Gasteiger partial charge >= 0.3 is 0 Å². The quantitative estimate of drug-likeness (QED) is 0.429. The van der Waals surface area contributed by atoms with E-state index >= 15 is 0 Å². The van der Waals surface area contributed by atoms with Crippen LogP contribution in [0.4, 0.5) is 0 Å². The van der Waals surface area contributed by atoms with Crippen molar-refractivity contribution in [1.82, 2.24) is 0 Å². The maximum atomic E-state index is 10.2. The molecule has 1 atom stereocenters. The van der Waals surface area contributed by atoms with E-state index in [4.69, 9.17) is 5.73 Å². The molecular weight excluding hydrogens is 112 g/mol. The van der Waals surface area contributed by atoms with E-state index < -0.39 is 10.8 Å². The number of nitrogens with two attached hydrogens (primary N) is 1. The van der Waals surface area contributed by atoms with Crippen molar-refractivity contribution in [2.24, 2.45) is 10.7 Å². The standard InChI is InChI=1S/C3H3N2OS/c4-3-1-7(6)2-5-3/h1H,4H2/q-1. The summed E-state index contributed by atoms with van der Waals surface area (Å²) in [6.45, 7) is 0. The molecule has 1 heterocycles. The molecule has 0 amide bonds. The van der Waals surface area contributed by atoms with E-state index in [1.165, 1.54) is 5.41 Å². The lowest BCUT2D eigenvalue weighted by atomic mass is 10.9. The van der Waals surface area contributed by atoms with Crippen LogP contribution < -0.4 is 5.73 Å². The predicted molar refractivity (Wildman–Crippen MR) is 27.8 cm³/mol. The molecule has 0 radical (unpaired) electrons. The molecule has 2 N–H and O–H groups in total. The first-order valence-electron chi connectivity index (χ1n) is 1.63. The molecule has 7 heavy (non-hydrogen) atoms. The third-order valence-electron chi connectivity index (χ3n) is 0.492. The van der Waals surface area contributed by atoms with Crippen LogP contribution in [0.3, 0.4) is 0 Å². The molecule has 1 unspecified atom stereocenters. The van der Waals surface area contributed by atoms with Crippen LogP contribution in [0.15, 0.2) is 16.2 Å². The second-order valence-corrected chi connectivity index (χ2v) is 2.06. The molecule has 1 aliphatic rings. The van der Waals surface area contributed by atoms with Gasteiger partial charge in [0.15, 0.2) is 0 Å². The second-order valence-electron chi connectivity index (χ2n) is 1.04. The van der Waals surface area contributed by atoms with Gasteiger partial charge < -0.3 is 10.7 Å². The Labute approximate surface area is 43.4 Å². The van der Waals surface area contributed by atoms with Crippen molar-refractivity contribution in [2.75, 3.05) is 0 Å². The molecule has 0 spiro atoms. The molecule has 0 aromatic heterocycles. The monoisotopic (exact) mass is 115 g/mol. The molecule has 0 aliphatic carbocycles. The zero-order chi connectivity index (χ0) is 5.28. The highest BCUT2D eigenvalue weighted by molar-refractivity contribution is 8.01. The summed E-state index contributed by atoms with van der Waals surface area (Å²) in [5, 5.41) is 1.33. The SMILES string of the molecule is NC1=CS(=O)[C-]=N1. The number of aliphatic imine (C=N–C) groups is 1. The molecule has 0 aromatic carbocycles. The minimum Gasteiger partial charge on any atom is -0.460 e. The Morgan fingerprint density at radius 1 is 2.00 bits per heavy atom. The van der Waals surface area contributed by atoms with Gasteiger partial charge in [0.2, 0.25) is 0 Å². The molecule has 38 valence electrons. The number of nitrogens with zero attached hydrogens (tertiary/aromatic N) is 1. The fourth-order valence-corrected chi connectivity index (χ4v) is 0.780. The second kappa shape index (κ2) is 1.46. The lowest BCUT2D eigenvalue weighted by Crippen LogP contribution is -1.87. The van der Waals surface area contributed by atoms with Crippen LogP contribution in [-0.2, 0) is 10.8 Å². The van der Waals surface area contributed by atoms with E-state index in [9.17, 15) is 4.21 Å². The van der Waals surface area contributed by atoms with Gasteiger partial charge in [-0.25, -0.2) is 0 Å². The molecule has 1 aliphatic heterocycles. The summed E-state index contributed by atoms with van der Waals surface area (Å²) in [5.74, 6) is 0.290. The Kier molecular flexibility index (Phi) is 0.941. The summed E-state index contributed by atoms with van der Waals surface area (Å²) >= 11 is 0. The highest BCUT2D eigenvalue weighted by Gasteiger charge is 1.83. The number of hydrogen-bond donors (Lipinski definition) is 1. The summed E-state index contributed by atoms with van der Waals surface area (Å²) in [7, 11) is -1.16. The highest BCUT2D eigenvalue weighted by Crippen LogP contribution is 1.96. The van der Waals surface area contributed by atoms with Crippen molar-refractivity contribution in [1.29, 1.82) is 0 Å². The number of rotatable bonds is 0. The van der Waals surface area contributed by atoms with E-state index in [0.717, 1.165) is 0 Å². The van der Waals surface area contributed by atoms with Gasteiger partial charge in [0.05, 0.1) is 0 Å². The van der Waals surface area contributed by atoms with Crippen LogP contribution in [0.1, 0.15) is 0 Å². The zero-order valence-corrected chi connectivity index (χ0v) is 4.23. The summed E-state index contributed by atoms with van der Waals surface area (Å²) in [4.78, 5) is 3.41. The van der Waals surface area contributed by atoms with Crippen LogP contribution in [-0.4, -0.2) is 9.76 Å². The van der Waals surface area contributed by atoms with Gasteiger partial charge in [-0.3, -0.25) is 4.21 Å². The molecule has 4 heteroatoms. The first-order valence-corrected chi connectivity index (χ1v) is 2.84. The maximum absolute atomic E-state index is 10.2. The Bertz CT molecular complexity index is 160. The summed E-state index contributed by atoms with van der Waals surface area (Å²) in [5.41, 5.74) is 7.31. The molecule has 1 rings (SSSR count). The molecule has 0 fully saturated rings. The van der Waals surface area contributed by atoms with Crippen molar-refractivity contribution in [3.63, 3.8) is 0 Å². The van der Waals surface area contributed by atoms with Crippen molar-refractivity contribution >= 4 is 16.3 Å². The Balaban J connectivity index is 2.88. The summed E-state index contributed by atoms with van der Waals surface area (Å²) in [6.07, 6.45) is 0. The van der Waals surface area contributed by atoms with Crippen LogP contribution in [0.5, 0.6) is 0 Å². The lowest BCUT2D eigenvalue weighted by Gasteiger charge is -1.87. The Morgan fingerprint density at radius 3 is 2.86 bits per heavy atom. The van der Waals surface area contributed by atoms with Crippen molar-refractivity contribution in [2.45, 2.75) is 0 Å². The largest absolute Gasteiger partial charge is 0.460 e.